The number of likely N-dealkylation sites (tertiary alicyclic amines) is 1. The van der Waals surface area contributed by atoms with Gasteiger partial charge in [0.15, 0.2) is 0 Å². The van der Waals surface area contributed by atoms with E-state index < -0.39 is 5.60 Å². The van der Waals surface area contributed by atoms with Crippen molar-refractivity contribution in [1.82, 2.24) is 15.2 Å². The van der Waals surface area contributed by atoms with Crippen LogP contribution in [0.3, 0.4) is 0 Å². The summed E-state index contributed by atoms with van der Waals surface area (Å²) >= 11 is 1.28. The molecule has 216 valence electrons. The number of carbonyl (C=O) groups is 1. The molecule has 0 radical (unpaired) electrons. The van der Waals surface area contributed by atoms with Gasteiger partial charge in [-0.05, 0) is 104 Å². The molecule has 1 aromatic heterocycles. The van der Waals surface area contributed by atoms with Crippen LogP contribution in [0.25, 0.3) is 10.9 Å². The highest BCUT2D eigenvalue weighted by molar-refractivity contribution is 7.80. The number of thiol groups is 1. The van der Waals surface area contributed by atoms with Gasteiger partial charge in [-0.1, -0.05) is 20.8 Å². The molecular formula is C30H51N3O4S. The topological polar surface area (TPSA) is 108 Å². The van der Waals surface area contributed by atoms with Gasteiger partial charge in [0.1, 0.15) is 16.1 Å². The van der Waals surface area contributed by atoms with Gasteiger partial charge in [-0.25, -0.2) is 4.79 Å². The van der Waals surface area contributed by atoms with Crippen LogP contribution < -0.4 is 5.32 Å². The van der Waals surface area contributed by atoms with Crippen LogP contribution >= 0.6 is 0 Å². The number of piperidine rings is 1. The summed E-state index contributed by atoms with van der Waals surface area (Å²) < 4.78 is 5.48. The first-order valence-electron chi connectivity index (χ1n) is 13.8. The molecule has 1 aromatic carbocycles. The van der Waals surface area contributed by atoms with E-state index in [-0.39, 0.29) is 21.7 Å². The Kier molecular flexibility index (Phi) is 10.6. The zero-order valence-electron chi connectivity index (χ0n) is 25.0. The molecule has 8 heteroatoms. The Morgan fingerprint density at radius 1 is 1.08 bits per heavy atom. The van der Waals surface area contributed by atoms with Crippen LogP contribution in [0.15, 0.2) is 17.2 Å². The molecule has 0 spiro atoms. The number of aromatic hydroxyl groups is 1. The van der Waals surface area contributed by atoms with Gasteiger partial charge in [0.2, 0.25) is 5.03 Å². The quantitative estimate of drug-likeness (QED) is 0.274. The Hall–Kier alpha value is -1.90. The number of benzene rings is 1. The van der Waals surface area contributed by atoms with E-state index in [0.29, 0.717) is 18.2 Å². The van der Waals surface area contributed by atoms with Crippen molar-refractivity contribution in [3.8, 4) is 5.75 Å². The monoisotopic (exact) mass is 549 g/mol. The lowest BCUT2D eigenvalue weighted by Gasteiger charge is -2.32. The largest absolute Gasteiger partial charge is 0.870 e. The Morgan fingerprint density at radius 3 is 2.26 bits per heavy atom. The minimum absolute atomic E-state index is 0. The number of phenols is 1. The third-order valence-corrected chi connectivity index (χ3v) is 7.88. The minimum Gasteiger partial charge on any atom is -0.870 e. The molecule has 0 aliphatic carbocycles. The highest BCUT2D eigenvalue weighted by Gasteiger charge is 2.30. The Bertz CT molecular complexity index is 1070. The zero-order valence-corrected chi connectivity index (χ0v) is 25.9. The molecule has 0 saturated carbocycles. The number of aromatic nitrogens is 1. The van der Waals surface area contributed by atoms with Crippen LogP contribution in [-0.4, -0.2) is 56.5 Å². The number of fused-ring (bicyclic) bond motifs is 1. The molecule has 1 amide bonds. The van der Waals surface area contributed by atoms with Crippen molar-refractivity contribution in [2.75, 3.05) is 19.6 Å². The number of hydrogen-bond acceptors (Lipinski definition) is 5. The zero-order chi connectivity index (χ0) is 27.6. The summed E-state index contributed by atoms with van der Waals surface area (Å²) in [5.74, 6) is 0.968. The lowest BCUT2D eigenvalue weighted by atomic mass is 9.88. The van der Waals surface area contributed by atoms with Crippen LogP contribution in [0.1, 0.15) is 92.7 Å². The number of nitrogens with one attached hydrogen (secondary N) is 2. The van der Waals surface area contributed by atoms with E-state index >= 15 is 0 Å². The van der Waals surface area contributed by atoms with Crippen molar-refractivity contribution < 1.29 is 20.1 Å². The van der Waals surface area contributed by atoms with E-state index in [4.69, 9.17) is 4.74 Å². The molecule has 0 atom stereocenters. The number of H-pyrrole nitrogens is 1. The molecule has 1 aliphatic rings. The first kappa shape index (κ1) is 32.3. The van der Waals surface area contributed by atoms with Gasteiger partial charge in [-0.2, -0.15) is 0 Å². The van der Waals surface area contributed by atoms with E-state index in [1.807, 2.05) is 26.8 Å². The maximum Gasteiger partial charge on any atom is 0.407 e. The molecule has 0 unspecified atom stereocenters. The third kappa shape index (κ3) is 9.69. The lowest BCUT2D eigenvalue weighted by molar-refractivity contribution is 0.0522. The molecule has 2 heterocycles. The van der Waals surface area contributed by atoms with Gasteiger partial charge >= 0.3 is 6.09 Å². The highest BCUT2D eigenvalue weighted by Crippen LogP contribution is 2.37. The normalized spacial score (nSPS) is 15.9. The van der Waals surface area contributed by atoms with Gasteiger partial charge in [0.25, 0.3) is 0 Å². The lowest BCUT2D eigenvalue weighted by Crippen LogP contribution is -2.36. The number of rotatable bonds is 7. The van der Waals surface area contributed by atoms with E-state index in [1.165, 1.54) is 27.7 Å². The summed E-state index contributed by atoms with van der Waals surface area (Å²) in [6.45, 7) is 22.7. The second-order valence-corrected chi connectivity index (χ2v) is 15.9. The second-order valence-electron chi connectivity index (χ2n) is 13.9. The number of aromatic amines is 1. The molecular weight excluding hydrogens is 498 g/mol. The maximum atomic E-state index is 11.9. The van der Waals surface area contributed by atoms with Crippen LogP contribution in [0.5, 0.6) is 5.75 Å². The predicted molar refractivity (Wildman–Crippen MR) is 159 cm³/mol. The number of amides is 1. The van der Waals surface area contributed by atoms with Gasteiger partial charge in [0, 0.05) is 41.4 Å². The fourth-order valence-corrected chi connectivity index (χ4v) is 6.18. The third-order valence-electron chi connectivity index (χ3n) is 6.61. The Balaban J connectivity index is 0.00000507. The van der Waals surface area contributed by atoms with Crippen molar-refractivity contribution >= 4 is 28.8 Å². The van der Waals surface area contributed by atoms with Crippen LogP contribution in [-0.2, 0) is 29.5 Å². The molecule has 2 aromatic rings. The van der Waals surface area contributed by atoms with E-state index in [1.54, 1.807) is 0 Å². The van der Waals surface area contributed by atoms with E-state index in [2.05, 4.69) is 62.8 Å². The smallest absolute Gasteiger partial charge is 0.407 e. The average Bonchev–Trinajstić information content (AvgIpc) is 3.04. The summed E-state index contributed by atoms with van der Waals surface area (Å²) in [6, 6.07) is 3.97. The fraction of sp³-hybridized carbons (Fsp3) is 0.700. The Morgan fingerprint density at radius 2 is 1.71 bits per heavy atom. The summed E-state index contributed by atoms with van der Waals surface area (Å²) in [5, 5.41) is 16.3. The first-order chi connectivity index (χ1) is 17.0. The second kappa shape index (κ2) is 12.5. The maximum absolute atomic E-state index is 11.9. The van der Waals surface area contributed by atoms with Gasteiger partial charge in [-0.15, -0.1) is 0 Å². The van der Waals surface area contributed by atoms with Gasteiger partial charge < -0.3 is 25.6 Å². The summed E-state index contributed by atoms with van der Waals surface area (Å²) in [5.41, 5.74) is 3.19. The van der Waals surface area contributed by atoms with Crippen LogP contribution in [0.4, 0.5) is 4.79 Å². The van der Waals surface area contributed by atoms with Crippen LogP contribution in [0.2, 0.25) is 0 Å². The molecule has 1 fully saturated rings. The van der Waals surface area contributed by atoms with Crippen LogP contribution in [0, 0.1) is 11.3 Å². The van der Waals surface area contributed by atoms with Crippen molar-refractivity contribution in [1.29, 1.82) is 0 Å². The highest BCUT2D eigenvalue weighted by atomic mass is 32.2. The van der Waals surface area contributed by atoms with Crippen molar-refractivity contribution in [2.24, 2.45) is 11.3 Å². The molecule has 0 bridgehead atoms. The van der Waals surface area contributed by atoms with Crippen molar-refractivity contribution in [2.45, 2.75) is 110 Å². The predicted octanol–water partition coefficient (Wildman–Crippen LogP) is 6.38. The summed E-state index contributed by atoms with van der Waals surface area (Å²) in [7, 11) is 0. The number of carbonyl (C=O) groups excluding carboxylic acids is 1. The number of hydrogen-bond donors (Lipinski definition) is 3. The number of ether oxygens (including phenoxy) is 1. The first-order valence-corrected chi connectivity index (χ1v) is 14.7. The summed E-state index contributed by atoms with van der Waals surface area (Å²) in [6.07, 6.45) is 3.82. The van der Waals surface area contributed by atoms with Gasteiger partial charge in [0.05, 0.1) is 5.52 Å². The number of nitrogens with zero attached hydrogens (tertiary/aromatic N) is 1. The standard InChI is InChI=1S/C30H49N3O3S.H2O/c1-28(2,3)18-22-21-10-11-24(34)23(25(21)32-26(22)37-30(7,8)9)19-33-16-13-20(14-17-33)12-15-31-27(35)36-29(4,5)6;/h10-11,20,32,34H,12-19H2,1-9H3,(H,31,35);1H2. The van der Waals surface area contributed by atoms with Crippen molar-refractivity contribution in [3.05, 3.63) is 23.3 Å². The fourth-order valence-electron chi connectivity index (χ4n) is 5.00. The molecule has 7 nitrogen and oxygen atoms in total. The number of alkyl carbamates (subject to hydrolysis) is 1. The minimum atomic E-state index is -0.469. The average molecular weight is 550 g/mol. The molecule has 38 heavy (non-hydrogen) atoms. The van der Waals surface area contributed by atoms with E-state index in [9.17, 15) is 9.90 Å². The van der Waals surface area contributed by atoms with E-state index in [0.717, 1.165) is 56.4 Å². The van der Waals surface area contributed by atoms with Crippen molar-refractivity contribution in [3.63, 3.8) is 0 Å². The van der Waals surface area contributed by atoms with Gasteiger partial charge in [-0.3, -0.25) is 4.90 Å². The number of phenolic OH excluding ortho intramolecular Hbond substituents is 1. The summed E-state index contributed by atoms with van der Waals surface area (Å²) in [4.78, 5) is 18.1. The Labute approximate surface area is 233 Å². The molecule has 3 rings (SSSR count). The molecule has 1 saturated heterocycles. The molecule has 1 aliphatic heterocycles. The molecule has 4 N–H and O–H groups in total. The SMILES string of the molecule is CC(C)(C)Cc1c([SH+]C(C)(C)C)[nH]c2c(CN3CCC(CCNC(=O)OC(C)(C)C)CC3)c(O)ccc12.[OH-].